The van der Waals surface area contributed by atoms with E-state index in [0.717, 1.165) is 0 Å². The van der Waals surface area contributed by atoms with Crippen molar-refractivity contribution in [2.75, 3.05) is 0 Å². The lowest BCUT2D eigenvalue weighted by atomic mass is 10.1. The molecule has 0 atom stereocenters. The first kappa shape index (κ1) is 11.8. The fourth-order valence-electron chi connectivity index (χ4n) is 1.13. The monoisotopic (exact) mass is 285 g/mol. The van der Waals surface area contributed by atoms with Gasteiger partial charge in [-0.3, -0.25) is 0 Å². The average molecular weight is 287 g/mol. The summed E-state index contributed by atoms with van der Waals surface area (Å²) in [7, 11) is 0. The number of rotatable bonds is 3. The number of aromatic nitrogens is 1. The molecule has 0 aliphatic rings. The molecule has 1 rings (SSSR count). The third-order valence-electron chi connectivity index (χ3n) is 1.71. The van der Waals surface area contributed by atoms with E-state index < -0.39 is 13.0 Å². The Hall–Kier alpha value is -0.260. The summed E-state index contributed by atoms with van der Waals surface area (Å²) in [5.41, 5.74) is 0.0415. The highest BCUT2D eigenvalue weighted by Gasteiger charge is 2.19. The summed E-state index contributed by atoms with van der Waals surface area (Å²) in [5, 5.41) is 9.16. The van der Waals surface area contributed by atoms with Gasteiger partial charge in [0, 0.05) is 10.9 Å². The summed E-state index contributed by atoms with van der Waals surface area (Å²) >= 11 is 8.63. The molecule has 0 radical (unpaired) electrons. The van der Waals surface area contributed by atoms with Crippen LogP contribution in [0.4, 0.5) is 8.78 Å². The maximum absolute atomic E-state index is 12.6. The van der Waals surface area contributed by atoms with Gasteiger partial charge < -0.3 is 5.11 Å². The van der Waals surface area contributed by atoms with E-state index in [1.165, 1.54) is 6.07 Å². The number of hydrogen-bond acceptors (Lipinski definition) is 2. The van der Waals surface area contributed by atoms with Gasteiger partial charge in [-0.15, -0.1) is 0 Å². The third kappa shape index (κ3) is 2.40. The lowest BCUT2D eigenvalue weighted by Crippen LogP contribution is -2.02. The van der Waals surface area contributed by atoms with Gasteiger partial charge in [0.05, 0.1) is 12.3 Å². The van der Waals surface area contributed by atoms with Crippen LogP contribution in [-0.4, -0.2) is 10.1 Å². The number of aliphatic hydroxyl groups excluding tert-OH is 1. The van der Waals surface area contributed by atoms with Gasteiger partial charge in [-0.1, -0.05) is 27.5 Å². The van der Waals surface area contributed by atoms with E-state index in [9.17, 15) is 8.78 Å². The molecule has 78 valence electrons. The van der Waals surface area contributed by atoms with Gasteiger partial charge in [-0.25, -0.2) is 13.8 Å². The summed E-state index contributed by atoms with van der Waals surface area (Å²) in [4.78, 5) is 3.75. The first-order chi connectivity index (χ1) is 6.60. The molecule has 1 aromatic rings. The van der Waals surface area contributed by atoms with Gasteiger partial charge in [-0.05, 0) is 11.6 Å². The smallest absolute Gasteiger partial charge is 0.265 e. The van der Waals surface area contributed by atoms with Crippen molar-refractivity contribution >= 4 is 27.5 Å². The summed E-state index contributed by atoms with van der Waals surface area (Å²) in [6.07, 6.45) is -2.66. The lowest BCUT2D eigenvalue weighted by molar-refractivity contribution is 0.145. The van der Waals surface area contributed by atoms with Crippen LogP contribution in [0.1, 0.15) is 23.2 Å². The molecule has 14 heavy (non-hydrogen) atoms. The molecule has 0 spiro atoms. The quantitative estimate of drug-likeness (QED) is 0.684. The fraction of sp³-hybridized carbons (Fsp3) is 0.375. The molecular weight excluding hydrogens is 279 g/mol. The Morgan fingerprint density at radius 1 is 1.57 bits per heavy atom. The molecular formula is C8H7BrClF2NO. The second kappa shape index (κ2) is 5.00. The van der Waals surface area contributed by atoms with Crippen LogP contribution < -0.4 is 0 Å². The molecule has 0 bridgehead atoms. The zero-order valence-electron chi connectivity index (χ0n) is 6.98. The largest absolute Gasteiger partial charge is 0.392 e. The second-order valence-corrected chi connectivity index (χ2v) is 3.50. The van der Waals surface area contributed by atoms with Crippen LogP contribution in [-0.2, 0) is 11.9 Å². The molecule has 0 aliphatic carbocycles. The molecule has 1 N–H and O–H groups in total. The summed E-state index contributed by atoms with van der Waals surface area (Å²) < 4.78 is 25.2. The molecule has 0 aliphatic heterocycles. The number of pyridine rings is 1. The first-order valence-corrected chi connectivity index (χ1v) is 5.23. The van der Waals surface area contributed by atoms with Crippen LogP contribution in [0.15, 0.2) is 6.07 Å². The highest BCUT2D eigenvalue weighted by atomic mass is 79.9. The van der Waals surface area contributed by atoms with Crippen molar-refractivity contribution in [2.24, 2.45) is 0 Å². The second-order valence-electron chi connectivity index (χ2n) is 2.56. The SMILES string of the molecule is OCc1cc(Cl)nc(CBr)c1C(F)F. The van der Waals surface area contributed by atoms with Crippen LogP contribution in [0.2, 0.25) is 5.15 Å². The van der Waals surface area contributed by atoms with E-state index in [1.807, 2.05) is 0 Å². The highest BCUT2D eigenvalue weighted by Crippen LogP contribution is 2.29. The predicted molar refractivity (Wildman–Crippen MR) is 52.8 cm³/mol. The summed E-state index contributed by atoms with van der Waals surface area (Å²) in [6, 6.07) is 1.25. The predicted octanol–water partition coefficient (Wildman–Crippen LogP) is 3.06. The van der Waals surface area contributed by atoms with Crippen molar-refractivity contribution in [1.29, 1.82) is 0 Å². The zero-order chi connectivity index (χ0) is 10.7. The van der Waals surface area contributed by atoms with Crippen molar-refractivity contribution < 1.29 is 13.9 Å². The Kier molecular flexibility index (Phi) is 4.22. The van der Waals surface area contributed by atoms with Crippen molar-refractivity contribution in [3.05, 3.63) is 28.0 Å². The Morgan fingerprint density at radius 2 is 2.21 bits per heavy atom. The Balaban J connectivity index is 3.33. The minimum absolute atomic E-state index is 0.105. The lowest BCUT2D eigenvalue weighted by Gasteiger charge is -2.10. The van der Waals surface area contributed by atoms with Crippen LogP contribution in [0, 0.1) is 0 Å². The molecule has 2 nitrogen and oxygen atoms in total. The number of halogens is 4. The number of nitrogens with zero attached hydrogens (tertiary/aromatic N) is 1. The molecule has 0 aromatic carbocycles. The van der Waals surface area contributed by atoms with Crippen LogP contribution >= 0.6 is 27.5 Å². The molecule has 0 unspecified atom stereocenters. The van der Waals surface area contributed by atoms with Gasteiger partial charge >= 0.3 is 0 Å². The van der Waals surface area contributed by atoms with E-state index in [-0.39, 0.29) is 27.3 Å². The number of aliphatic hydroxyl groups is 1. The summed E-state index contributed by atoms with van der Waals surface area (Å²) in [6.45, 7) is -0.470. The Bertz CT molecular complexity index is 310. The molecule has 6 heteroatoms. The average Bonchev–Trinajstić information content (AvgIpc) is 2.15. The Labute approximate surface area is 93.0 Å². The topological polar surface area (TPSA) is 33.1 Å². The van der Waals surface area contributed by atoms with Gasteiger partial charge in [0.2, 0.25) is 0 Å². The van der Waals surface area contributed by atoms with Gasteiger partial charge in [0.1, 0.15) is 5.15 Å². The normalized spacial score (nSPS) is 11.0. The van der Waals surface area contributed by atoms with Crippen LogP contribution in [0.3, 0.4) is 0 Å². The van der Waals surface area contributed by atoms with Gasteiger partial charge in [0.25, 0.3) is 6.43 Å². The maximum atomic E-state index is 12.6. The van der Waals surface area contributed by atoms with Crippen molar-refractivity contribution in [3.8, 4) is 0 Å². The van der Waals surface area contributed by atoms with Crippen LogP contribution in [0.25, 0.3) is 0 Å². The molecule has 1 heterocycles. The first-order valence-electron chi connectivity index (χ1n) is 3.73. The van der Waals surface area contributed by atoms with Crippen molar-refractivity contribution in [1.82, 2.24) is 4.98 Å². The Morgan fingerprint density at radius 3 is 2.64 bits per heavy atom. The van der Waals surface area contributed by atoms with E-state index in [4.69, 9.17) is 16.7 Å². The maximum Gasteiger partial charge on any atom is 0.265 e. The van der Waals surface area contributed by atoms with Crippen LogP contribution in [0.5, 0.6) is 0 Å². The fourth-order valence-corrected chi connectivity index (χ4v) is 1.79. The van der Waals surface area contributed by atoms with Crippen molar-refractivity contribution in [2.45, 2.75) is 18.4 Å². The van der Waals surface area contributed by atoms with Gasteiger partial charge in [0.15, 0.2) is 0 Å². The molecule has 1 aromatic heterocycles. The number of hydrogen-bond donors (Lipinski definition) is 1. The van der Waals surface area contributed by atoms with E-state index >= 15 is 0 Å². The highest BCUT2D eigenvalue weighted by molar-refractivity contribution is 9.08. The van der Waals surface area contributed by atoms with E-state index in [0.29, 0.717) is 0 Å². The third-order valence-corrected chi connectivity index (χ3v) is 2.43. The molecule has 0 amide bonds. The van der Waals surface area contributed by atoms with E-state index in [1.54, 1.807) is 0 Å². The van der Waals surface area contributed by atoms with Gasteiger partial charge in [-0.2, -0.15) is 0 Å². The minimum atomic E-state index is -2.66. The molecule has 0 saturated carbocycles. The number of alkyl halides is 3. The standard InChI is InChI=1S/C8H7BrClF2NO/c9-2-5-7(8(11)12)4(3-14)1-6(10)13-5/h1,8,14H,2-3H2. The molecule has 0 saturated heterocycles. The molecule has 0 fully saturated rings. The minimum Gasteiger partial charge on any atom is -0.392 e. The zero-order valence-corrected chi connectivity index (χ0v) is 9.32. The van der Waals surface area contributed by atoms with Crippen molar-refractivity contribution in [3.63, 3.8) is 0 Å². The summed E-state index contributed by atoms with van der Waals surface area (Å²) in [5.74, 6) is 0. The van der Waals surface area contributed by atoms with E-state index in [2.05, 4.69) is 20.9 Å².